The van der Waals surface area contributed by atoms with E-state index in [0.717, 1.165) is 0 Å². The standard InChI is InChI=1S/C23H26N4O5/c1-5-27(23(30)14(2)24-21(28)15-9-7-6-8-10-15)13-20-25-17-12-19(32-4)18(31-3)11-16(17)22(29)26-20/h6-12,14H,5,13H2,1-4H3,(H,24,28)(H,25,26,29)/t14-/m0/s1. The molecule has 1 atom stereocenters. The van der Waals surface area contributed by atoms with Crippen molar-refractivity contribution in [2.45, 2.75) is 26.4 Å². The van der Waals surface area contributed by atoms with Crippen molar-refractivity contribution in [2.75, 3.05) is 20.8 Å². The minimum atomic E-state index is -0.751. The monoisotopic (exact) mass is 438 g/mol. The van der Waals surface area contributed by atoms with Gasteiger partial charge in [0.2, 0.25) is 5.91 Å². The van der Waals surface area contributed by atoms with Gasteiger partial charge in [0.1, 0.15) is 11.9 Å². The van der Waals surface area contributed by atoms with Crippen LogP contribution in [0.5, 0.6) is 11.5 Å². The normalized spacial score (nSPS) is 11.6. The number of nitrogens with zero attached hydrogens (tertiary/aromatic N) is 2. The molecule has 2 N–H and O–H groups in total. The third kappa shape index (κ3) is 4.88. The minimum absolute atomic E-state index is 0.0837. The third-order valence-electron chi connectivity index (χ3n) is 5.05. The maximum Gasteiger partial charge on any atom is 0.258 e. The van der Waals surface area contributed by atoms with Gasteiger partial charge in [-0.25, -0.2) is 4.98 Å². The zero-order chi connectivity index (χ0) is 23.3. The van der Waals surface area contributed by atoms with E-state index in [1.54, 1.807) is 43.3 Å². The summed E-state index contributed by atoms with van der Waals surface area (Å²) in [4.78, 5) is 46.6. The summed E-state index contributed by atoms with van der Waals surface area (Å²) in [7, 11) is 2.99. The second-order valence-corrected chi connectivity index (χ2v) is 7.15. The zero-order valence-corrected chi connectivity index (χ0v) is 18.5. The van der Waals surface area contributed by atoms with Crippen molar-refractivity contribution in [3.8, 4) is 11.5 Å². The number of hydrogen-bond acceptors (Lipinski definition) is 6. The number of fused-ring (bicyclic) bond motifs is 1. The van der Waals surface area contributed by atoms with Gasteiger partial charge in [-0.15, -0.1) is 0 Å². The Bertz CT molecular complexity index is 1180. The molecule has 0 spiro atoms. The van der Waals surface area contributed by atoms with E-state index >= 15 is 0 Å². The number of amides is 2. The molecule has 0 unspecified atom stereocenters. The highest BCUT2D eigenvalue weighted by Crippen LogP contribution is 2.29. The summed E-state index contributed by atoms with van der Waals surface area (Å²) < 4.78 is 10.5. The van der Waals surface area contributed by atoms with Crippen molar-refractivity contribution in [2.24, 2.45) is 0 Å². The van der Waals surface area contributed by atoms with Gasteiger partial charge in [-0.05, 0) is 32.0 Å². The van der Waals surface area contributed by atoms with Gasteiger partial charge in [0.15, 0.2) is 11.5 Å². The van der Waals surface area contributed by atoms with Gasteiger partial charge in [0.05, 0.1) is 31.7 Å². The number of likely N-dealkylation sites (N-methyl/N-ethyl adjacent to an activating group) is 1. The number of carbonyl (C=O) groups excluding carboxylic acids is 2. The van der Waals surface area contributed by atoms with Gasteiger partial charge < -0.3 is 24.7 Å². The molecule has 3 rings (SSSR count). The van der Waals surface area contributed by atoms with E-state index in [1.165, 1.54) is 19.1 Å². The van der Waals surface area contributed by atoms with Crippen LogP contribution in [0.4, 0.5) is 0 Å². The lowest BCUT2D eigenvalue weighted by Crippen LogP contribution is -2.46. The van der Waals surface area contributed by atoms with Crippen LogP contribution in [0, 0.1) is 0 Å². The van der Waals surface area contributed by atoms with Gasteiger partial charge >= 0.3 is 0 Å². The summed E-state index contributed by atoms with van der Waals surface area (Å²) in [6, 6.07) is 11.1. The fourth-order valence-electron chi connectivity index (χ4n) is 3.32. The van der Waals surface area contributed by atoms with Crippen LogP contribution < -0.4 is 20.3 Å². The first kappa shape index (κ1) is 22.8. The molecule has 0 aliphatic carbocycles. The quantitative estimate of drug-likeness (QED) is 0.557. The third-order valence-corrected chi connectivity index (χ3v) is 5.05. The average molecular weight is 438 g/mol. The molecule has 2 aromatic carbocycles. The molecule has 0 radical (unpaired) electrons. The lowest BCUT2D eigenvalue weighted by molar-refractivity contribution is -0.133. The van der Waals surface area contributed by atoms with Crippen LogP contribution in [-0.2, 0) is 11.3 Å². The van der Waals surface area contributed by atoms with E-state index < -0.39 is 6.04 Å². The molecular formula is C23H26N4O5. The Morgan fingerprint density at radius 2 is 1.78 bits per heavy atom. The van der Waals surface area contributed by atoms with E-state index in [1.807, 2.05) is 13.0 Å². The predicted molar refractivity (Wildman–Crippen MR) is 120 cm³/mol. The van der Waals surface area contributed by atoms with E-state index in [-0.39, 0.29) is 23.9 Å². The van der Waals surface area contributed by atoms with Crippen LogP contribution in [0.3, 0.4) is 0 Å². The summed E-state index contributed by atoms with van der Waals surface area (Å²) >= 11 is 0. The van der Waals surface area contributed by atoms with E-state index in [2.05, 4.69) is 15.3 Å². The number of carbonyl (C=O) groups is 2. The maximum absolute atomic E-state index is 12.9. The Balaban J connectivity index is 1.80. The van der Waals surface area contributed by atoms with E-state index in [4.69, 9.17) is 9.47 Å². The molecule has 168 valence electrons. The molecule has 1 heterocycles. The molecular weight excluding hydrogens is 412 g/mol. The molecule has 0 saturated carbocycles. The topological polar surface area (TPSA) is 114 Å². The molecule has 0 saturated heterocycles. The lowest BCUT2D eigenvalue weighted by Gasteiger charge is -2.24. The molecule has 0 bridgehead atoms. The highest BCUT2D eigenvalue weighted by molar-refractivity contribution is 5.97. The average Bonchev–Trinajstić information content (AvgIpc) is 2.81. The summed E-state index contributed by atoms with van der Waals surface area (Å²) in [5.74, 6) is 0.581. The minimum Gasteiger partial charge on any atom is -0.493 e. The van der Waals surface area contributed by atoms with E-state index in [9.17, 15) is 14.4 Å². The van der Waals surface area contributed by atoms with Gasteiger partial charge in [-0.3, -0.25) is 14.4 Å². The molecule has 0 fully saturated rings. The number of aromatic amines is 1. The highest BCUT2D eigenvalue weighted by Gasteiger charge is 2.23. The van der Waals surface area contributed by atoms with Crippen LogP contribution in [0.2, 0.25) is 0 Å². The number of nitrogens with one attached hydrogen (secondary N) is 2. The van der Waals surface area contributed by atoms with Gasteiger partial charge in [0, 0.05) is 18.2 Å². The smallest absolute Gasteiger partial charge is 0.258 e. The second-order valence-electron chi connectivity index (χ2n) is 7.15. The largest absolute Gasteiger partial charge is 0.493 e. The van der Waals surface area contributed by atoms with Crippen LogP contribution in [-0.4, -0.2) is 53.5 Å². The van der Waals surface area contributed by atoms with Gasteiger partial charge in [-0.2, -0.15) is 0 Å². The van der Waals surface area contributed by atoms with Gasteiger partial charge in [-0.1, -0.05) is 18.2 Å². The summed E-state index contributed by atoms with van der Waals surface area (Å²) in [6.07, 6.45) is 0. The number of rotatable bonds is 8. The van der Waals surface area contributed by atoms with Crippen LogP contribution in [0.25, 0.3) is 10.9 Å². The first-order valence-electron chi connectivity index (χ1n) is 10.2. The Hall–Kier alpha value is -3.88. The van der Waals surface area contributed by atoms with Crippen molar-refractivity contribution in [1.29, 1.82) is 0 Å². The van der Waals surface area contributed by atoms with Crippen LogP contribution >= 0.6 is 0 Å². The predicted octanol–water partition coefficient (Wildman–Crippen LogP) is 2.11. The number of hydrogen-bond donors (Lipinski definition) is 2. The molecule has 1 aromatic heterocycles. The number of aromatic nitrogens is 2. The number of H-pyrrole nitrogens is 1. The van der Waals surface area contributed by atoms with Crippen molar-refractivity contribution < 1.29 is 19.1 Å². The Kier molecular flexibility index (Phi) is 7.09. The Labute approximate surface area is 185 Å². The van der Waals surface area contributed by atoms with E-state index in [0.29, 0.717) is 40.3 Å². The highest BCUT2D eigenvalue weighted by atomic mass is 16.5. The number of methoxy groups -OCH3 is 2. The number of benzene rings is 2. The molecule has 3 aromatic rings. The molecule has 2 amide bonds. The SMILES string of the molecule is CCN(Cc1nc2cc(OC)c(OC)cc2c(=O)[nH]1)C(=O)[C@H](C)NC(=O)c1ccccc1. The van der Waals surface area contributed by atoms with Crippen molar-refractivity contribution >= 4 is 22.7 Å². The summed E-state index contributed by atoms with van der Waals surface area (Å²) in [6.45, 7) is 3.90. The van der Waals surface area contributed by atoms with Crippen molar-refractivity contribution in [3.05, 3.63) is 64.2 Å². The molecule has 9 heteroatoms. The summed E-state index contributed by atoms with van der Waals surface area (Å²) in [5.41, 5.74) is 0.551. The fraction of sp³-hybridized carbons (Fsp3) is 0.304. The van der Waals surface area contributed by atoms with Gasteiger partial charge in [0.25, 0.3) is 11.5 Å². The first-order valence-corrected chi connectivity index (χ1v) is 10.2. The fourth-order valence-corrected chi connectivity index (χ4v) is 3.32. The summed E-state index contributed by atoms with van der Waals surface area (Å²) in [5, 5.41) is 3.06. The molecule has 9 nitrogen and oxygen atoms in total. The van der Waals surface area contributed by atoms with Crippen molar-refractivity contribution in [1.82, 2.24) is 20.2 Å². The Morgan fingerprint density at radius 1 is 1.12 bits per heavy atom. The molecule has 0 aliphatic heterocycles. The number of ether oxygens (including phenoxy) is 2. The van der Waals surface area contributed by atoms with Crippen LogP contribution in [0.15, 0.2) is 47.3 Å². The first-order chi connectivity index (χ1) is 15.4. The van der Waals surface area contributed by atoms with Crippen molar-refractivity contribution in [3.63, 3.8) is 0 Å². The van der Waals surface area contributed by atoms with Crippen LogP contribution in [0.1, 0.15) is 30.0 Å². The molecule has 32 heavy (non-hydrogen) atoms. The second kappa shape index (κ2) is 9.95. The maximum atomic E-state index is 12.9. The zero-order valence-electron chi connectivity index (χ0n) is 18.5. The molecule has 0 aliphatic rings. The Morgan fingerprint density at radius 3 is 2.41 bits per heavy atom. The lowest BCUT2D eigenvalue weighted by atomic mass is 10.2.